The minimum atomic E-state index is -0.543. The maximum absolute atomic E-state index is 9.93. The quantitative estimate of drug-likeness (QED) is 0.685. The molecule has 0 fully saturated rings. The van der Waals surface area contributed by atoms with Crippen LogP contribution >= 0.6 is 23.1 Å². The SMILES string of the molecule is O[C@H](COc1cccc2[nH]ccc12)CSc1nncs1. The van der Waals surface area contributed by atoms with Gasteiger partial charge in [-0.05, 0) is 18.2 Å². The van der Waals surface area contributed by atoms with Gasteiger partial charge in [0.25, 0.3) is 0 Å². The number of aliphatic hydroxyl groups excluding tert-OH is 1. The highest BCUT2D eigenvalue weighted by Gasteiger charge is 2.09. The third-order valence-electron chi connectivity index (χ3n) is 2.73. The molecule has 0 radical (unpaired) electrons. The van der Waals surface area contributed by atoms with Crippen LogP contribution in [0.25, 0.3) is 10.9 Å². The summed E-state index contributed by atoms with van der Waals surface area (Å²) < 4.78 is 6.55. The van der Waals surface area contributed by atoms with Crippen molar-refractivity contribution in [3.05, 3.63) is 36.0 Å². The molecule has 3 rings (SSSR count). The van der Waals surface area contributed by atoms with Crippen molar-refractivity contribution < 1.29 is 9.84 Å². The van der Waals surface area contributed by atoms with E-state index in [4.69, 9.17) is 4.74 Å². The fourth-order valence-electron chi connectivity index (χ4n) is 1.81. The first-order chi connectivity index (χ1) is 9.83. The first-order valence-corrected chi connectivity index (χ1v) is 7.95. The normalized spacial score (nSPS) is 12.7. The van der Waals surface area contributed by atoms with Crippen LogP contribution in [0.5, 0.6) is 5.75 Å². The molecule has 2 N–H and O–H groups in total. The van der Waals surface area contributed by atoms with E-state index in [1.807, 2.05) is 30.5 Å². The van der Waals surface area contributed by atoms with E-state index in [0.717, 1.165) is 21.0 Å². The van der Waals surface area contributed by atoms with Gasteiger partial charge < -0.3 is 14.8 Å². The van der Waals surface area contributed by atoms with E-state index in [1.165, 1.54) is 23.1 Å². The third-order valence-corrected chi connectivity index (χ3v) is 4.73. The van der Waals surface area contributed by atoms with E-state index in [1.54, 1.807) is 5.51 Å². The topological polar surface area (TPSA) is 71.0 Å². The molecule has 1 aromatic carbocycles. The molecule has 0 bridgehead atoms. The van der Waals surface area contributed by atoms with Crippen molar-refractivity contribution in [1.82, 2.24) is 15.2 Å². The van der Waals surface area contributed by atoms with Crippen LogP contribution in [0.15, 0.2) is 40.3 Å². The van der Waals surface area contributed by atoms with Crippen LogP contribution < -0.4 is 4.74 Å². The number of rotatable bonds is 6. The molecule has 1 atom stereocenters. The van der Waals surface area contributed by atoms with Crippen LogP contribution in [0.4, 0.5) is 0 Å². The van der Waals surface area contributed by atoms with Crippen molar-refractivity contribution in [2.24, 2.45) is 0 Å². The Labute approximate surface area is 124 Å². The average Bonchev–Trinajstić information content (AvgIpc) is 3.13. The van der Waals surface area contributed by atoms with Crippen LogP contribution in [-0.4, -0.2) is 38.8 Å². The number of aromatic amines is 1. The van der Waals surface area contributed by atoms with Gasteiger partial charge in [0, 0.05) is 22.9 Å². The predicted molar refractivity (Wildman–Crippen MR) is 80.4 cm³/mol. The standard InChI is InChI=1S/C13H13N3O2S2/c17-9(7-19-13-16-15-8-20-13)6-18-12-3-1-2-11-10(12)4-5-14-11/h1-5,8-9,14,17H,6-7H2/t9-/m1/s1. The monoisotopic (exact) mass is 307 g/mol. The first kappa shape index (κ1) is 13.4. The van der Waals surface area contributed by atoms with Crippen LogP contribution in [-0.2, 0) is 0 Å². The van der Waals surface area contributed by atoms with Gasteiger partial charge in [-0.1, -0.05) is 29.2 Å². The Morgan fingerprint density at radius 1 is 1.40 bits per heavy atom. The molecule has 0 unspecified atom stereocenters. The summed E-state index contributed by atoms with van der Waals surface area (Å²) in [5.41, 5.74) is 2.71. The molecule has 0 aliphatic rings. The lowest BCUT2D eigenvalue weighted by Crippen LogP contribution is -2.20. The zero-order valence-corrected chi connectivity index (χ0v) is 12.2. The van der Waals surface area contributed by atoms with Gasteiger partial charge in [-0.25, -0.2) is 0 Å². The van der Waals surface area contributed by atoms with Gasteiger partial charge in [-0.2, -0.15) is 0 Å². The number of hydrogen-bond donors (Lipinski definition) is 2. The first-order valence-electron chi connectivity index (χ1n) is 6.09. The number of benzene rings is 1. The van der Waals surface area contributed by atoms with Gasteiger partial charge in [0.05, 0.1) is 6.10 Å². The van der Waals surface area contributed by atoms with E-state index in [9.17, 15) is 5.11 Å². The Morgan fingerprint density at radius 3 is 3.20 bits per heavy atom. The minimum absolute atomic E-state index is 0.260. The largest absolute Gasteiger partial charge is 0.490 e. The molecule has 104 valence electrons. The van der Waals surface area contributed by atoms with E-state index < -0.39 is 6.10 Å². The Morgan fingerprint density at radius 2 is 2.35 bits per heavy atom. The molecule has 2 aromatic heterocycles. The molecular weight excluding hydrogens is 294 g/mol. The second-order valence-corrected chi connectivity index (χ2v) is 6.28. The predicted octanol–water partition coefficient (Wildman–Crippen LogP) is 2.55. The zero-order valence-electron chi connectivity index (χ0n) is 10.5. The molecule has 0 aliphatic heterocycles. The number of aliphatic hydroxyl groups is 1. The van der Waals surface area contributed by atoms with Crippen LogP contribution in [0, 0.1) is 0 Å². The molecule has 0 aliphatic carbocycles. The van der Waals surface area contributed by atoms with Crippen LogP contribution in [0.1, 0.15) is 0 Å². The Bertz CT molecular complexity index is 669. The molecule has 0 saturated heterocycles. The maximum atomic E-state index is 9.93. The fourth-order valence-corrected chi connectivity index (χ4v) is 3.23. The fraction of sp³-hybridized carbons (Fsp3) is 0.231. The van der Waals surface area contributed by atoms with Gasteiger partial charge >= 0.3 is 0 Å². The Balaban J connectivity index is 1.55. The van der Waals surface area contributed by atoms with Crippen LogP contribution in [0.2, 0.25) is 0 Å². The number of nitrogens with zero attached hydrogens (tertiary/aromatic N) is 2. The summed E-state index contributed by atoms with van der Waals surface area (Å²) in [4.78, 5) is 3.13. The van der Waals surface area contributed by atoms with Gasteiger partial charge in [-0.15, -0.1) is 10.2 Å². The summed E-state index contributed by atoms with van der Waals surface area (Å²) in [7, 11) is 0. The molecule has 7 heteroatoms. The average molecular weight is 307 g/mol. The lowest BCUT2D eigenvalue weighted by Gasteiger charge is -2.12. The van der Waals surface area contributed by atoms with E-state index >= 15 is 0 Å². The number of hydrogen-bond acceptors (Lipinski definition) is 6. The molecule has 3 aromatic rings. The maximum Gasteiger partial charge on any atom is 0.174 e. The van der Waals surface area contributed by atoms with E-state index in [-0.39, 0.29) is 6.61 Å². The van der Waals surface area contributed by atoms with Crippen molar-refractivity contribution >= 4 is 34.0 Å². The molecule has 0 spiro atoms. The van der Waals surface area contributed by atoms with Crippen molar-refractivity contribution in [1.29, 1.82) is 0 Å². The minimum Gasteiger partial charge on any atom is -0.490 e. The zero-order chi connectivity index (χ0) is 13.8. The summed E-state index contributed by atoms with van der Waals surface area (Å²) in [6, 6.07) is 7.79. The second kappa shape index (κ2) is 6.25. The Hall–Kier alpha value is -1.57. The summed E-state index contributed by atoms with van der Waals surface area (Å²) in [5.74, 6) is 1.32. The molecule has 20 heavy (non-hydrogen) atoms. The number of thioether (sulfide) groups is 1. The third kappa shape index (κ3) is 3.12. The highest BCUT2D eigenvalue weighted by atomic mass is 32.2. The number of fused-ring (bicyclic) bond motifs is 1. The van der Waals surface area contributed by atoms with Gasteiger partial charge in [-0.3, -0.25) is 0 Å². The van der Waals surface area contributed by atoms with Crippen molar-refractivity contribution in [3.63, 3.8) is 0 Å². The molecule has 2 heterocycles. The highest BCUT2D eigenvalue weighted by molar-refractivity contribution is 8.01. The Kier molecular flexibility index (Phi) is 4.19. The highest BCUT2D eigenvalue weighted by Crippen LogP contribution is 2.25. The van der Waals surface area contributed by atoms with E-state index in [2.05, 4.69) is 15.2 Å². The van der Waals surface area contributed by atoms with E-state index in [0.29, 0.717) is 5.75 Å². The van der Waals surface area contributed by atoms with Crippen molar-refractivity contribution in [3.8, 4) is 5.75 Å². The van der Waals surface area contributed by atoms with Crippen molar-refractivity contribution in [2.45, 2.75) is 10.4 Å². The lowest BCUT2D eigenvalue weighted by molar-refractivity contribution is 0.127. The lowest BCUT2D eigenvalue weighted by atomic mass is 10.2. The summed E-state index contributed by atoms with van der Waals surface area (Å²) in [5, 5.41) is 18.6. The summed E-state index contributed by atoms with van der Waals surface area (Å²) >= 11 is 2.95. The number of ether oxygens (including phenoxy) is 1. The van der Waals surface area contributed by atoms with Crippen LogP contribution in [0.3, 0.4) is 0 Å². The van der Waals surface area contributed by atoms with Crippen molar-refractivity contribution in [2.75, 3.05) is 12.4 Å². The molecule has 0 saturated carbocycles. The number of aromatic nitrogens is 3. The molecule has 0 amide bonds. The van der Waals surface area contributed by atoms with Gasteiger partial charge in [0.1, 0.15) is 17.9 Å². The second-order valence-electron chi connectivity index (χ2n) is 4.18. The summed E-state index contributed by atoms with van der Waals surface area (Å²) in [6.07, 6.45) is 1.33. The van der Waals surface area contributed by atoms with Gasteiger partial charge in [0.2, 0.25) is 0 Å². The number of nitrogens with one attached hydrogen (secondary N) is 1. The van der Waals surface area contributed by atoms with Gasteiger partial charge in [0.15, 0.2) is 4.34 Å². The number of H-pyrrole nitrogens is 1. The smallest absolute Gasteiger partial charge is 0.174 e. The molecule has 5 nitrogen and oxygen atoms in total. The molecular formula is C13H13N3O2S2. The summed E-state index contributed by atoms with van der Waals surface area (Å²) in [6.45, 7) is 0.260.